The number of alkyl halides is 2. The minimum atomic E-state index is -3.35. The van der Waals surface area contributed by atoms with Crippen LogP contribution in [0.25, 0.3) is 11.4 Å². The molecule has 0 spiro atoms. The van der Waals surface area contributed by atoms with E-state index in [1.807, 2.05) is 18.2 Å². The Morgan fingerprint density at radius 3 is 2.45 bits per heavy atom. The van der Waals surface area contributed by atoms with Crippen LogP contribution < -0.4 is 15.0 Å². The number of nitrogens with one attached hydrogen (secondary N) is 1. The Morgan fingerprint density at radius 1 is 1.06 bits per heavy atom. The van der Waals surface area contributed by atoms with Crippen LogP contribution in [-0.2, 0) is 9.47 Å². The highest BCUT2D eigenvalue weighted by atomic mass is 19.3. The summed E-state index contributed by atoms with van der Waals surface area (Å²) in [7, 11) is 0. The number of piperazine rings is 1. The molecule has 3 aliphatic heterocycles. The molecule has 0 bridgehead atoms. The lowest BCUT2D eigenvalue weighted by atomic mass is 10.0. The Hall–Kier alpha value is -4.61. The Bertz CT molecular complexity index is 1620. The first-order chi connectivity index (χ1) is 22.5. The summed E-state index contributed by atoms with van der Waals surface area (Å²) in [6.07, 6.45) is -1.09. The third-order valence-corrected chi connectivity index (χ3v) is 8.32. The molecule has 14 heteroatoms. The zero-order valence-corrected chi connectivity index (χ0v) is 26.7. The largest absolute Gasteiger partial charge is 0.483 e. The van der Waals surface area contributed by atoms with Crippen LogP contribution >= 0.6 is 0 Å². The summed E-state index contributed by atoms with van der Waals surface area (Å²) in [4.78, 5) is 31.2. The molecule has 1 atom stereocenters. The molecule has 3 aromatic rings. The van der Waals surface area contributed by atoms with Crippen molar-refractivity contribution in [1.29, 1.82) is 5.26 Å². The minimum absolute atomic E-state index is 0.0117. The van der Waals surface area contributed by atoms with Gasteiger partial charge in [0.05, 0.1) is 31.4 Å². The van der Waals surface area contributed by atoms with Crippen molar-refractivity contribution in [3.05, 3.63) is 54.4 Å². The standard InChI is InChI=1S/C33H38F2N8O4/c1-32(2,3)47-31(44)43-11-10-28(33(34,35)20-43)46-27-9-4-22(16-23(27)17-36)29-37-21-38-30(40-29)39-24-5-7-25(8-6-24)41-12-14-42(15-13-41)26-18-45-19-26/h4-9,16,21,26,28H,10-15,18-20H2,1-3H3,(H,37,38,39,40). The summed E-state index contributed by atoms with van der Waals surface area (Å²) in [6.45, 7) is 9.84. The molecule has 4 heterocycles. The van der Waals surface area contributed by atoms with Crippen LogP contribution in [0.4, 0.5) is 30.9 Å². The number of likely N-dealkylation sites (tertiary alicyclic amines) is 1. The number of ether oxygens (including phenoxy) is 3. The van der Waals surface area contributed by atoms with Gasteiger partial charge in [-0.1, -0.05) is 0 Å². The maximum absolute atomic E-state index is 15.1. The maximum atomic E-state index is 15.1. The van der Waals surface area contributed by atoms with Gasteiger partial charge in [0.25, 0.3) is 0 Å². The number of amides is 1. The van der Waals surface area contributed by atoms with Crippen molar-refractivity contribution >= 4 is 23.4 Å². The number of anilines is 3. The molecule has 3 aliphatic rings. The molecule has 1 N–H and O–H groups in total. The molecular weight excluding hydrogens is 610 g/mol. The summed E-state index contributed by atoms with van der Waals surface area (Å²) >= 11 is 0. The zero-order chi connectivity index (χ0) is 33.2. The molecule has 1 unspecified atom stereocenters. The molecule has 2 aromatic carbocycles. The highest BCUT2D eigenvalue weighted by Gasteiger charge is 2.48. The fourth-order valence-corrected chi connectivity index (χ4v) is 5.72. The second-order valence-electron chi connectivity index (χ2n) is 12.9. The number of halogens is 2. The Labute approximate surface area is 272 Å². The molecular formula is C33H38F2N8O4. The lowest BCUT2D eigenvalue weighted by molar-refractivity contribution is -0.137. The summed E-state index contributed by atoms with van der Waals surface area (Å²) < 4.78 is 46.4. The molecule has 6 rings (SSSR count). The smallest absolute Gasteiger partial charge is 0.410 e. The van der Waals surface area contributed by atoms with E-state index in [9.17, 15) is 10.1 Å². The van der Waals surface area contributed by atoms with Crippen molar-refractivity contribution in [2.75, 3.05) is 62.7 Å². The average Bonchev–Trinajstić information content (AvgIpc) is 3.01. The van der Waals surface area contributed by atoms with Crippen molar-refractivity contribution < 1.29 is 27.8 Å². The van der Waals surface area contributed by atoms with E-state index in [-0.39, 0.29) is 24.3 Å². The summed E-state index contributed by atoms with van der Waals surface area (Å²) in [5.74, 6) is -2.73. The first kappa shape index (κ1) is 32.3. The van der Waals surface area contributed by atoms with Gasteiger partial charge in [0.1, 0.15) is 23.7 Å². The highest BCUT2D eigenvalue weighted by molar-refractivity contribution is 5.68. The summed E-state index contributed by atoms with van der Waals surface area (Å²) in [6, 6.07) is 15.2. The van der Waals surface area contributed by atoms with Gasteiger partial charge in [0.15, 0.2) is 11.9 Å². The van der Waals surface area contributed by atoms with Crippen molar-refractivity contribution in [1.82, 2.24) is 24.8 Å². The lowest BCUT2D eigenvalue weighted by Crippen LogP contribution is -2.56. The third kappa shape index (κ3) is 7.69. The van der Waals surface area contributed by atoms with Crippen LogP contribution in [0.5, 0.6) is 5.75 Å². The SMILES string of the molecule is CC(C)(C)OC(=O)N1CCC(Oc2ccc(-c3ncnc(Nc4ccc(N5CCN(C6COC6)CC5)cc4)n3)cc2C#N)C(F)(F)C1. The quantitative estimate of drug-likeness (QED) is 0.383. The average molecular weight is 649 g/mol. The number of carbonyl (C=O) groups is 1. The van der Waals surface area contributed by atoms with Crippen LogP contribution in [0.1, 0.15) is 32.8 Å². The molecule has 0 aliphatic carbocycles. The third-order valence-electron chi connectivity index (χ3n) is 8.32. The molecule has 47 heavy (non-hydrogen) atoms. The second kappa shape index (κ2) is 13.2. The van der Waals surface area contributed by atoms with E-state index in [0.29, 0.717) is 23.4 Å². The van der Waals surface area contributed by atoms with Crippen molar-refractivity contribution in [2.45, 2.75) is 50.9 Å². The van der Waals surface area contributed by atoms with E-state index in [1.165, 1.54) is 18.5 Å². The van der Waals surface area contributed by atoms with Gasteiger partial charge in [-0.2, -0.15) is 10.2 Å². The predicted octanol–water partition coefficient (Wildman–Crippen LogP) is 4.70. The fourth-order valence-electron chi connectivity index (χ4n) is 5.72. The van der Waals surface area contributed by atoms with E-state index in [1.54, 1.807) is 26.8 Å². The highest BCUT2D eigenvalue weighted by Crippen LogP contribution is 2.34. The number of hydrogen-bond donors (Lipinski definition) is 1. The Morgan fingerprint density at radius 2 is 1.81 bits per heavy atom. The van der Waals surface area contributed by atoms with Crippen LogP contribution in [0.3, 0.4) is 0 Å². The second-order valence-corrected chi connectivity index (χ2v) is 12.9. The Kier molecular flexibility index (Phi) is 9.11. The van der Waals surface area contributed by atoms with Gasteiger partial charge in [-0.3, -0.25) is 4.90 Å². The van der Waals surface area contributed by atoms with E-state index >= 15 is 8.78 Å². The van der Waals surface area contributed by atoms with Gasteiger partial charge < -0.3 is 29.3 Å². The number of aromatic nitrogens is 3. The van der Waals surface area contributed by atoms with Crippen molar-refractivity contribution in [3.63, 3.8) is 0 Å². The summed E-state index contributed by atoms with van der Waals surface area (Å²) in [5, 5.41) is 13.0. The molecule has 1 amide bonds. The first-order valence-electron chi connectivity index (χ1n) is 15.7. The number of nitriles is 1. The number of piperidine rings is 1. The van der Waals surface area contributed by atoms with E-state index in [4.69, 9.17) is 14.2 Å². The number of benzene rings is 2. The van der Waals surface area contributed by atoms with Crippen LogP contribution in [-0.4, -0.2) is 107 Å². The van der Waals surface area contributed by atoms with Crippen LogP contribution in [0.15, 0.2) is 48.8 Å². The van der Waals surface area contributed by atoms with Gasteiger partial charge in [-0.05, 0) is 63.2 Å². The van der Waals surface area contributed by atoms with Gasteiger partial charge in [-0.15, -0.1) is 0 Å². The van der Waals surface area contributed by atoms with Gasteiger partial charge in [-0.25, -0.2) is 23.5 Å². The number of hydrogen-bond acceptors (Lipinski definition) is 11. The summed E-state index contributed by atoms with van der Waals surface area (Å²) in [5.41, 5.74) is 1.70. The molecule has 1 aromatic heterocycles. The van der Waals surface area contributed by atoms with E-state index < -0.39 is 30.3 Å². The van der Waals surface area contributed by atoms with Crippen LogP contribution in [0.2, 0.25) is 0 Å². The molecule has 0 radical (unpaired) electrons. The number of rotatable bonds is 7. The van der Waals surface area contributed by atoms with E-state index in [0.717, 1.165) is 55.7 Å². The van der Waals surface area contributed by atoms with Crippen molar-refractivity contribution in [3.8, 4) is 23.2 Å². The molecule has 0 saturated carbocycles. The van der Waals surface area contributed by atoms with E-state index in [2.05, 4.69) is 42.2 Å². The number of carbonyl (C=O) groups excluding carboxylic acids is 1. The molecule has 3 fully saturated rings. The Balaban J connectivity index is 1.08. The number of nitrogens with zero attached hydrogens (tertiary/aromatic N) is 7. The monoisotopic (exact) mass is 648 g/mol. The van der Waals surface area contributed by atoms with Crippen LogP contribution in [0, 0.1) is 11.3 Å². The van der Waals surface area contributed by atoms with Gasteiger partial charge in [0, 0.05) is 56.1 Å². The predicted molar refractivity (Wildman–Crippen MR) is 170 cm³/mol. The normalized spacial score (nSPS) is 20.2. The molecule has 3 saturated heterocycles. The molecule has 12 nitrogen and oxygen atoms in total. The fraction of sp³-hybridized carbons (Fsp3) is 0.485. The topological polar surface area (TPSA) is 129 Å². The minimum Gasteiger partial charge on any atom is -0.483 e. The van der Waals surface area contributed by atoms with Gasteiger partial charge >= 0.3 is 12.0 Å². The molecule has 248 valence electrons. The zero-order valence-electron chi connectivity index (χ0n) is 26.7. The maximum Gasteiger partial charge on any atom is 0.410 e. The lowest BCUT2D eigenvalue weighted by Gasteiger charge is -2.43. The first-order valence-corrected chi connectivity index (χ1v) is 15.7. The van der Waals surface area contributed by atoms with Crippen molar-refractivity contribution in [2.24, 2.45) is 0 Å². The van der Waals surface area contributed by atoms with Gasteiger partial charge in [0.2, 0.25) is 5.95 Å².